The first-order valence-electron chi connectivity index (χ1n) is 9.85. The molecule has 0 N–H and O–H groups in total. The van der Waals surface area contributed by atoms with Crippen molar-refractivity contribution < 1.29 is 13.9 Å². The van der Waals surface area contributed by atoms with Crippen molar-refractivity contribution in [1.29, 1.82) is 0 Å². The van der Waals surface area contributed by atoms with Gasteiger partial charge in [0.25, 0.3) is 0 Å². The van der Waals surface area contributed by atoms with Gasteiger partial charge in [-0.15, -0.1) is 0 Å². The van der Waals surface area contributed by atoms with Gasteiger partial charge in [-0.2, -0.15) is 0 Å². The minimum absolute atomic E-state index is 0.114. The number of ether oxygens (including phenoxy) is 1. The normalized spacial score (nSPS) is 11.1. The Labute approximate surface area is 159 Å². The maximum Gasteiger partial charge on any atom is 0.311 e. The van der Waals surface area contributed by atoms with E-state index in [1.54, 1.807) is 36.4 Å². The highest BCUT2D eigenvalue weighted by Gasteiger charge is 2.10. The predicted octanol–water partition coefficient (Wildman–Crippen LogP) is 5.99. The maximum atomic E-state index is 12.6. The second-order valence-electron chi connectivity index (χ2n) is 6.93. The molecule has 3 aromatic rings. The monoisotopic (exact) mass is 366 g/mol. The Morgan fingerprint density at radius 2 is 1.59 bits per heavy atom. The molecule has 0 atom stereocenters. The fourth-order valence-corrected chi connectivity index (χ4v) is 3.25. The predicted molar refractivity (Wildman–Crippen MR) is 108 cm³/mol. The van der Waals surface area contributed by atoms with Crippen LogP contribution in [-0.2, 0) is 4.79 Å². The highest BCUT2D eigenvalue weighted by Crippen LogP contribution is 2.23. The molecule has 142 valence electrons. The number of unbranched alkanes of at least 4 members (excludes halogenated alkanes) is 6. The fourth-order valence-electron chi connectivity index (χ4n) is 3.25. The average Bonchev–Trinajstić information content (AvgIpc) is 2.68. The molecule has 0 spiro atoms. The fraction of sp³-hybridized carbons (Fsp3) is 0.391. The van der Waals surface area contributed by atoms with Gasteiger partial charge in [0.2, 0.25) is 5.43 Å². The van der Waals surface area contributed by atoms with E-state index in [1.807, 2.05) is 6.07 Å². The molecule has 0 fully saturated rings. The molecule has 2 aromatic carbocycles. The van der Waals surface area contributed by atoms with E-state index in [1.165, 1.54) is 25.7 Å². The van der Waals surface area contributed by atoms with E-state index in [-0.39, 0.29) is 11.4 Å². The number of carbonyl (C=O) groups excluding carboxylic acids is 1. The number of hydrogen-bond donors (Lipinski definition) is 0. The van der Waals surface area contributed by atoms with Crippen molar-refractivity contribution >= 4 is 27.9 Å². The molecule has 1 aromatic heterocycles. The summed E-state index contributed by atoms with van der Waals surface area (Å²) in [6, 6.07) is 12.1. The van der Waals surface area contributed by atoms with Gasteiger partial charge in [-0.1, -0.05) is 57.6 Å². The second-order valence-corrected chi connectivity index (χ2v) is 6.93. The van der Waals surface area contributed by atoms with Crippen molar-refractivity contribution in [2.45, 2.75) is 58.3 Å². The highest BCUT2D eigenvalue weighted by atomic mass is 16.5. The topological polar surface area (TPSA) is 56.5 Å². The molecular formula is C23H26O4. The molecule has 0 amide bonds. The molecule has 1 heterocycles. The van der Waals surface area contributed by atoms with Crippen LogP contribution < -0.4 is 10.2 Å². The van der Waals surface area contributed by atoms with Gasteiger partial charge in [0.15, 0.2) is 0 Å². The Kier molecular flexibility index (Phi) is 6.64. The summed E-state index contributed by atoms with van der Waals surface area (Å²) < 4.78 is 11.2. The van der Waals surface area contributed by atoms with Crippen molar-refractivity contribution in [2.75, 3.05) is 0 Å². The number of esters is 1. The smallest absolute Gasteiger partial charge is 0.311 e. The quantitative estimate of drug-likeness (QED) is 0.202. The summed E-state index contributed by atoms with van der Waals surface area (Å²) >= 11 is 0. The lowest BCUT2D eigenvalue weighted by Gasteiger charge is -2.06. The van der Waals surface area contributed by atoms with Crippen LogP contribution in [0.3, 0.4) is 0 Å². The van der Waals surface area contributed by atoms with E-state index in [0.29, 0.717) is 34.1 Å². The van der Waals surface area contributed by atoms with Crippen LogP contribution in [0.25, 0.3) is 21.9 Å². The molecule has 0 unspecified atom stereocenters. The van der Waals surface area contributed by atoms with E-state index in [2.05, 4.69) is 6.92 Å². The lowest BCUT2D eigenvalue weighted by Crippen LogP contribution is -2.08. The number of rotatable bonds is 9. The largest absolute Gasteiger partial charge is 0.456 e. The Morgan fingerprint density at radius 1 is 0.889 bits per heavy atom. The number of carbonyl (C=O) groups is 1. The lowest BCUT2D eigenvalue weighted by molar-refractivity contribution is -0.134. The summed E-state index contributed by atoms with van der Waals surface area (Å²) in [5.41, 5.74) is 0.932. The van der Waals surface area contributed by atoms with Crippen LogP contribution in [0.5, 0.6) is 5.75 Å². The molecule has 3 rings (SSSR count). The van der Waals surface area contributed by atoms with Gasteiger partial charge in [-0.3, -0.25) is 9.59 Å². The zero-order valence-electron chi connectivity index (χ0n) is 15.8. The molecule has 4 heteroatoms. The molecular weight excluding hydrogens is 340 g/mol. The molecule has 0 aliphatic carbocycles. The highest BCUT2D eigenvalue weighted by molar-refractivity contribution is 5.90. The van der Waals surface area contributed by atoms with Crippen LogP contribution >= 0.6 is 0 Å². The minimum Gasteiger partial charge on any atom is -0.456 e. The number of fused-ring (bicyclic) bond motifs is 2. The Bertz CT molecular complexity index is 971. The van der Waals surface area contributed by atoms with Gasteiger partial charge < -0.3 is 9.15 Å². The molecule has 0 aliphatic heterocycles. The molecule has 0 bridgehead atoms. The van der Waals surface area contributed by atoms with Gasteiger partial charge in [0, 0.05) is 6.42 Å². The van der Waals surface area contributed by atoms with Crippen LogP contribution in [0.2, 0.25) is 0 Å². The second kappa shape index (κ2) is 9.36. The molecule has 0 saturated carbocycles. The summed E-state index contributed by atoms with van der Waals surface area (Å²) in [5, 5.41) is 0.950. The standard InChI is InChI=1S/C23H26O4/c1-2-3-4-5-6-7-8-13-22(24)26-17-14-15-21-19(16-17)23(25)18-11-9-10-12-20(18)27-21/h9-12,14-16H,2-8,13H2,1H3. The summed E-state index contributed by atoms with van der Waals surface area (Å²) in [7, 11) is 0. The molecule has 0 radical (unpaired) electrons. The Morgan fingerprint density at radius 3 is 2.41 bits per heavy atom. The lowest BCUT2D eigenvalue weighted by atomic mass is 10.1. The van der Waals surface area contributed by atoms with E-state index < -0.39 is 0 Å². The minimum atomic E-state index is -0.256. The van der Waals surface area contributed by atoms with E-state index in [9.17, 15) is 9.59 Å². The van der Waals surface area contributed by atoms with E-state index >= 15 is 0 Å². The first-order chi connectivity index (χ1) is 13.2. The SMILES string of the molecule is CCCCCCCCCC(=O)Oc1ccc2oc3ccccc3c(=O)c2c1. The van der Waals surface area contributed by atoms with Crippen molar-refractivity contribution in [3.8, 4) is 5.75 Å². The third kappa shape index (κ3) is 4.97. The van der Waals surface area contributed by atoms with E-state index in [0.717, 1.165) is 19.3 Å². The average molecular weight is 366 g/mol. The summed E-state index contributed by atoms with van der Waals surface area (Å²) in [5.74, 6) is 0.131. The Balaban J connectivity index is 1.60. The summed E-state index contributed by atoms with van der Waals surface area (Å²) in [6.07, 6.45) is 8.49. The van der Waals surface area contributed by atoms with Crippen LogP contribution in [0.15, 0.2) is 51.7 Å². The van der Waals surface area contributed by atoms with Gasteiger partial charge in [-0.05, 0) is 36.8 Å². The number of hydrogen-bond acceptors (Lipinski definition) is 4. The van der Waals surface area contributed by atoms with Gasteiger partial charge in [0.1, 0.15) is 16.9 Å². The first-order valence-corrected chi connectivity index (χ1v) is 9.85. The number of benzene rings is 2. The summed E-state index contributed by atoms with van der Waals surface area (Å²) in [6.45, 7) is 2.20. The van der Waals surface area contributed by atoms with Crippen LogP contribution in [0, 0.1) is 0 Å². The third-order valence-corrected chi connectivity index (χ3v) is 4.76. The van der Waals surface area contributed by atoms with Crippen LogP contribution in [0.4, 0.5) is 0 Å². The summed E-state index contributed by atoms with van der Waals surface area (Å²) in [4.78, 5) is 24.7. The maximum absolute atomic E-state index is 12.6. The van der Waals surface area contributed by atoms with Crippen molar-refractivity contribution in [3.05, 3.63) is 52.7 Å². The van der Waals surface area contributed by atoms with Gasteiger partial charge in [0.05, 0.1) is 10.8 Å². The van der Waals surface area contributed by atoms with Crippen LogP contribution in [0.1, 0.15) is 58.3 Å². The van der Waals surface area contributed by atoms with Crippen molar-refractivity contribution in [1.82, 2.24) is 0 Å². The van der Waals surface area contributed by atoms with Gasteiger partial charge >= 0.3 is 5.97 Å². The molecule has 27 heavy (non-hydrogen) atoms. The van der Waals surface area contributed by atoms with Crippen molar-refractivity contribution in [2.24, 2.45) is 0 Å². The Hall–Kier alpha value is -2.62. The molecule has 4 nitrogen and oxygen atoms in total. The van der Waals surface area contributed by atoms with Gasteiger partial charge in [-0.25, -0.2) is 0 Å². The van der Waals surface area contributed by atoms with Crippen molar-refractivity contribution in [3.63, 3.8) is 0 Å². The zero-order valence-corrected chi connectivity index (χ0v) is 15.8. The molecule has 0 saturated heterocycles. The van der Waals surface area contributed by atoms with Crippen LogP contribution in [-0.4, -0.2) is 5.97 Å². The first kappa shape index (κ1) is 19.2. The third-order valence-electron chi connectivity index (χ3n) is 4.76. The molecule has 0 aliphatic rings. The van der Waals surface area contributed by atoms with E-state index in [4.69, 9.17) is 9.15 Å². The zero-order chi connectivity index (χ0) is 19.1. The number of para-hydroxylation sites is 1.